The van der Waals surface area contributed by atoms with Gasteiger partial charge in [-0.2, -0.15) is 0 Å². The molecule has 29 heavy (non-hydrogen) atoms. The van der Waals surface area contributed by atoms with Crippen LogP contribution in [0.5, 0.6) is 11.5 Å². The normalized spacial score (nSPS) is 16.3. The van der Waals surface area contributed by atoms with Gasteiger partial charge in [-0.3, -0.25) is 14.5 Å². The molecule has 0 aliphatic carbocycles. The monoisotopic (exact) mass is 395 g/mol. The van der Waals surface area contributed by atoms with Gasteiger partial charge in [0, 0.05) is 12.1 Å². The maximum atomic E-state index is 13.0. The maximum Gasteiger partial charge on any atom is 0.294 e. The fourth-order valence-corrected chi connectivity index (χ4v) is 3.57. The Morgan fingerprint density at radius 3 is 2.52 bits per heavy atom. The number of rotatable bonds is 7. The summed E-state index contributed by atoms with van der Waals surface area (Å²) in [6.07, 6.45) is 0.180. The Morgan fingerprint density at radius 1 is 1.14 bits per heavy atom. The number of ether oxygens (including phenoxy) is 2. The third-order valence-corrected chi connectivity index (χ3v) is 4.91. The quantitative estimate of drug-likeness (QED) is 0.757. The number of aryl methyl sites for hydroxylation is 1. The molecule has 1 amide bonds. The lowest BCUT2D eigenvalue weighted by Crippen LogP contribution is -2.31. The maximum absolute atomic E-state index is 13.0. The number of amides is 1. The summed E-state index contributed by atoms with van der Waals surface area (Å²) in [6, 6.07) is 11.9. The van der Waals surface area contributed by atoms with Crippen molar-refractivity contribution in [3.05, 3.63) is 64.9 Å². The Morgan fingerprint density at radius 2 is 1.90 bits per heavy atom. The van der Waals surface area contributed by atoms with Crippen LogP contribution < -0.4 is 14.4 Å². The van der Waals surface area contributed by atoms with Gasteiger partial charge in [-0.15, -0.1) is 0 Å². The molecule has 0 saturated heterocycles. The van der Waals surface area contributed by atoms with Gasteiger partial charge in [0.1, 0.15) is 0 Å². The van der Waals surface area contributed by atoms with E-state index in [9.17, 15) is 14.7 Å². The molecule has 152 valence electrons. The van der Waals surface area contributed by atoms with Crippen molar-refractivity contribution in [1.29, 1.82) is 0 Å². The molecule has 1 unspecified atom stereocenters. The van der Waals surface area contributed by atoms with E-state index in [-0.39, 0.29) is 17.8 Å². The van der Waals surface area contributed by atoms with Gasteiger partial charge in [0.2, 0.25) is 0 Å². The molecule has 0 radical (unpaired) electrons. The fourth-order valence-electron chi connectivity index (χ4n) is 3.57. The van der Waals surface area contributed by atoms with Crippen molar-refractivity contribution in [2.24, 2.45) is 0 Å². The van der Waals surface area contributed by atoms with Crippen LogP contribution >= 0.6 is 0 Å². The number of benzene rings is 2. The predicted molar refractivity (Wildman–Crippen MR) is 111 cm³/mol. The Hall–Kier alpha value is -3.28. The molecule has 2 aromatic carbocycles. The predicted octanol–water partition coefficient (Wildman–Crippen LogP) is 4.28. The molecule has 1 aliphatic heterocycles. The molecule has 0 saturated carbocycles. The molecule has 0 spiro atoms. The van der Waals surface area contributed by atoms with Crippen molar-refractivity contribution in [2.45, 2.75) is 33.2 Å². The van der Waals surface area contributed by atoms with E-state index in [0.717, 1.165) is 5.56 Å². The Kier molecular flexibility index (Phi) is 5.92. The third-order valence-electron chi connectivity index (χ3n) is 4.91. The average molecular weight is 395 g/mol. The Labute approximate surface area is 170 Å². The lowest BCUT2D eigenvalue weighted by molar-refractivity contribution is -0.118. The second kappa shape index (κ2) is 8.39. The molecular weight excluding hydrogens is 370 g/mol. The highest BCUT2D eigenvalue weighted by atomic mass is 16.5. The summed E-state index contributed by atoms with van der Waals surface area (Å²) < 4.78 is 11.0. The van der Waals surface area contributed by atoms with E-state index in [2.05, 4.69) is 0 Å². The summed E-state index contributed by atoms with van der Waals surface area (Å²) in [4.78, 5) is 27.1. The first-order valence-electron chi connectivity index (χ1n) is 9.60. The minimum Gasteiger partial charge on any atom is -0.503 e. The van der Waals surface area contributed by atoms with E-state index in [1.807, 2.05) is 32.0 Å². The number of anilines is 1. The summed E-state index contributed by atoms with van der Waals surface area (Å²) in [5.41, 5.74) is 2.34. The number of aliphatic hydroxyl groups is 1. The second-order valence-corrected chi connectivity index (χ2v) is 6.80. The van der Waals surface area contributed by atoms with E-state index in [1.54, 1.807) is 38.3 Å². The van der Waals surface area contributed by atoms with Gasteiger partial charge >= 0.3 is 0 Å². The van der Waals surface area contributed by atoms with Crippen molar-refractivity contribution in [3.63, 3.8) is 0 Å². The first-order chi connectivity index (χ1) is 13.9. The number of carbonyl (C=O) groups excluding carboxylic acids is 2. The topological polar surface area (TPSA) is 76.1 Å². The molecule has 6 nitrogen and oxygen atoms in total. The van der Waals surface area contributed by atoms with Crippen molar-refractivity contribution in [3.8, 4) is 11.5 Å². The molecule has 1 N–H and O–H groups in total. The summed E-state index contributed by atoms with van der Waals surface area (Å²) in [6.45, 7) is 5.93. The number of hydrogen-bond donors (Lipinski definition) is 1. The highest BCUT2D eigenvalue weighted by molar-refractivity contribution is 6.16. The molecule has 1 atom stereocenters. The summed E-state index contributed by atoms with van der Waals surface area (Å²) >= 11 is 0. The highest BCUT2D eigenvalue weighted by Crippen LogP contribution is 2.43. The average Bonchev–Trinajstić information content (AvgIpc) is 2.98. The highest BCUT2D eigenvalue weighted by Gasteiger charge is 2.44. The number of ketones is 1. The van der Waals surface area contributed by atoms with E-state index in [4.69, 9.17) is 9.47 Å². The van der Waals surface area contributed by atoms with E-state index < -0.39 is 17.7 Å². The minimum absolute atomic E-state index is 0.103. The van der Waals surface area contributed by atoms with Gasteiger partial charge in [0.05, 0.1) is 25.3 Å². The van der Waals surface area contributed by atoms with Gasteiger partial charge in [0.15, 0.2) is 23.0 Å². The number of nitrogens with zero attached hydrogens (tertiary/aromatic N) is 1. The zero-order valence-corrected chi connectivity index (χ0v) is 17.1. The zero-order chi connectivity index (χ0) is 21.1. The second-order valence-electron chi connectivity index (χ2n) is 6.80. The molecule has 1 aliphatic rings. The van der Waals surface area contributed by atoms with Crippen molar-refractivity contribution >= 4 is 17.4 Å². The lowest BCUT2D eigenvalue weighted by atomic mass is 9.94. The number of methoxy groups -OCH3 is 1. The van der Waals surface area contributed by atoms with Crippen LogP contribution in [-0.4, -0.2) is 30.5 Å². The first kappa shape index (κ1) is 20.5. The van der Waals surface area contributed by atoms with Gasteiger partial charge in [-0.05, 0) is 49.2 Å². The number of aliphatic hydroxyl groups excluding tert-OH is 1. The number of carbonyl (C=O) groups is 2. The van der Waals surface area contributed by atoms with Crippen LogP contribution in [-0.2, 0) is 9.59 Å². The van der Waals surface area contributed by atoms with Crippen molar-refractivity contribution < 1.29 is 24.2 Å². The van der Waals surface area contributed by atoms with Crippen LogP contribution in [0.25, 0.3) is 0 Å². The van der Waals surface area contributed by atoms with Gasteiger partial charge in [-0.25, -0.2) is 0 Å². The van der Waals surface area contributed by atoms with Gasteiger partial charge < -0.3 is 14.6 Å². The van der Waals surface area contributed by atoms with Crippen molar-refractivity contribution in [1.82, 2.24) is 0 Å². The number of hydrogen-bond acceptors (Lipinski definition) is 5. The van der Waals surface area contributed by atoms with Gasteiger partial charge in [0.25, 0.3) is 5.91 Å². The Bertz CT molecular complexity index is 979. The van der Waals surface area contributed by atoms with Crippen LogP contribution in [0.4, 0.5) is 5.69 Å². The fraction of sp³-hybridized carbons (Fsp3) is 0.304. The van der Waals surface area contributed by atoms with E-state index >= 15 is 0 Å². The summed E-state index contributed by atoms with van der Waals surface area (Å²) in [5.74, 6) is -0.300. The molecule has 2 aromatic rings. The SMILES string of the molecule is CCOc1cc(C2C(C(=O)CC)=C(O)C(=O)N2c2cccc(C)c2)ccc1OC. The van der Waals surface area contributed by atoms with Crippen LogP contribution in [0.15, 0.2) is 53.8 Å². The molecule has 6 heteroatoms. The molecular formula is C23H25NO5. The zero-order valence-electron chi connectivity index (χ0n) is 17.1. The van der Waals surface area contributed by atoms with E-state index in [1.165, 1.54) is 4.90 Å². The summed E-state index contributed by atoms with van der Waals surface area (Å²) in [7, 11) is 1.55. The molecule has 3 rings (SSSR count). The van der Waals surface area contributed by atoms with Crippen molar-refractivity contribution in [2.75, 3.05) is 18.6 Å². The third kappa shape index (κ3) is 3.70. The van der Waals surface area contributed by atoms with Crippen LogP contribution in [0.2, 0.25) is 0 Å². The van der Waals surface area contributed by atoms with Crippen LogP contribution in [0.3, 0.4) is 0 Å². The molecule has 0 bridgehead atoms. The smallest absolute Gasteiger partial charge is 0.294 e. The first-order valence-corrected chi connectivity index (χ1v) is 9.60. The Balaban J connectivity index is 2.20. The standard InChI is InChI=1S/C23H25NO5/c1-5-17(25)20-21(15-10-11-18(28-4)19(13-15)29-6-2)24(23(27)22(20)26)16-9-7-8-14(3)12-16/h7-13,21,26H,5-6H2,1-4H3. The minimum atomic E-state index is -0.748. The van der Waals surface area contributed by atoms with Crippen LogP contribution in [0, 0.1) is 6.92 Å². The number of Topliss-reactive ketones (excluding diaryl/α,β-unsaturated/α-hetero) is 1. The molecule has 1 heterocycles. The largest absolute Gasteiger partial charge is 0.503 e. The van der Waals surface area contributed by atoms with Gasteiger partial charge in [-0.1, -0.05) is 25.1 Å². The van der Waals surface area contributed by atoms with Crippen LogP contribution in [0.1, 0.15) is 37.4 Å². The molecule has 0 aromatic heterocycles. The summed E-state index contributed by atoms with van der Waals surface area (Å²) in [5, 5.41) is 10.6. The van der Waals surface area contributed by atoms with E-state index in [0.29, 0.717) is 29.4 Å². The molecule has 0 fully saturated rings. The lowest BCUT2D eigenvalue weighted by Gasteiger charge is -2.27.